The number of furan rings is 1. The van der Waals surface area contributed by atoms with Crippen molar-refractivity contribution in [3.05, 3.63) is 323 Å². The lowest BCUT2D eigenvalue weighted by Gasteiger charge is -2.11. The number of H-pyrrole nitrogens is 5. The van der Waals surface area contributed by atoms with Crippen LogP contribution in [0, 0.1) is 29.1 Å². The van der Waals surface area contributed by atoms with E-state index in [1.54, 1.807) is 118 Å². The van der Waals surface area contributed by atoms with Gasteiger partial charge in [-0.1, -0.05) is 97.1 Å². The third-order valence-electron chi connectivity index (χ3n) is 23.9. The van der Waals surface area contributed by atoms with E-state index in [2.05, 4.69) is 143 Å². The Morgan fingerprint density at radius 3 is 0.935 bits per heavy atom. The molecule has 14 heterocycles. The molecule has 0 spiro atoms. The summed E-state index contributed by atoms with van der Waals surface area (Å²) in [5, 5.41) is 59.4. The second-order valence-electron chi connectivity index (χ2n) is 33.2. The lowest BCUT2D eigenvalue weighted by molar-refractivity contribution is 0.0851. The number of hydrogen-bond acceptors (Lipinski definition) is 19. The van der Waals surface area contributed by atoms with Crippen LogP contribution in [0.2, 0.25) is 0 Å². The molecule has 2 atom stereocenters. The Bertz CT molecular complexity index is 8020. The second-order valence-corrected chi connectivity index (χ2v) is 38.7. The van der Waals surface area contributed by atoms with Crippen LogP contribution in [0.4, 0.5) is 22.0 Å². The van der Waals surface area contributed by atoms with Gasteiger partial charge in [0.15, 0.2) is 0 Å². The zero-order valence-corrected chi connectivity index (χ0v) is 76.9. The monoisotopic (exact) mass is 1930 g/mol. The standard InChI is InChI=1S/C22H15FN4OS.2C21H18FN3O2S.C21H14FN3O2S.C19H14FN3OS/c23-17-10-18-16(9-15(17)22(28)25-12-13-4-3-7-24-11-13)21(27-26-18)20-8-14-5-1-2-6-19(14)29-20;3*22-16-10-17-15(9-14(16)21(26)23-11-13-5-3-7-27-13)20(25-24-17)19-8-12-4-1-2-6-18(12)28-19;20-14-9-15-13(8-12(14)19(24)21-11-5-6-11)18(23-22-15)17-7-10-3-1-2-4-16(10)25-17/h1-11H,12H2,(H,25,28)(H,26,27);2*1-2,4,6,8-10,13H,3,5,7,11H2,(H,23,26)(H,24,25);1-10H,11H2,(H,23,26)(H,24,25);1-4,7-9,11H,5-6H2,(H,21,24)(H,22,23)/t;2*13-;;/m.10../s1. The molecule has 10 N–H and O–H groups in total. The van der Waals surface area contributed by atoms with E-state index < -0.39 is 52.7 Å². The molecule has 2 aliphatic heterocycles. The van der Waals surface area contributed by atoms with Gasteiger partial charge in [-0.25, -0.2) is 22.0 Å². The van der Waals surface area contributed by atoms with Crippen molar-refractivity contribution in [3.63, 3.8) is 0 Å². The largest absolute Gasteiger partial charge is 0.467 e. The van der Waals surface area contributed by atoms with Gasteiger partial charge in [-0.05, 0) is 180 Å². The molecule has 688 valence electrons. The van der Waals surface area contributed by atoms with E-state index in [1.165, 1.54) is 41.3 Å². The van der Waals surface area contributed by atoms with E-state index in [4.69, 9.17) is 13.9 Å². The SMILES string of the molecule is O=C(NC1CC1)c1cc2c(-c3cc4ccccc4s3)n[nH]c2cc1F.O=C(NC[C@@H]1CCCO1)c1cc2c(-c3cc4ccccc4s3)n[nH]c2cc1F.O=C(NC[C@H]1CCCO1)c1cc2c(-c3cc4ccccc4s3)n[nH]c2cc1F.O=C(NCc1cccnc1)c1cc2c(-c3cc4ccccc4s3)n[nH]c2cc1F.O=C(NCc1ccco1)c1cc2c(-c3cc4ccccc4s3)n[nH]c2cc1F. The highest BCUT2D eigenvalue weighted by Gasteiger charge is 2.30. The smallest absolute Gasteiger partial charge is 0.254 e. The van der Waals surface area contributed by atoms with Crippen LogP contribution in [-0.4, -0.2) is 130 Å². The van der Waals surface area contributed by atoms with Crippen molar-refractivity contribution in [2.75, 3.05) is 26.3 Å². The average Bonchev–Trinajstić information content (AvgIpc) is 1.63. The number of ether oxygens (including phenoxy) is 2. The van der Waals surface area contributed by atoms with Gasteiger partial charge in [0.2, 0.25) is 0 Å². The van der Waals surface area contributed by atoms with Gasteiger partial charge in [0.05, 0.1) is 105 Å². The van der Waals surface area contributed by atoms with E-state index in [1.807, 2.05) is 97.1 Å². The summed E-state index contributed by atoms with van der Waals surface area (Å²) >= 11 is 8.10. The normalized spacial score (nSPS) is 14.1. The number of aromatic nitrogens is 11. The highest BCUT2D eigenvalue weighted by molar-refractivity contribution is 7.24. The maximum absolute atomic E-state index is 14.6. The van der Waals surface area contributed by atoms with E-state index in [0.717, 1.165) is 147 Å². The van der Waals surface area contributed by atoms with Gasteiger partial charge in [-0.15, -0.1) is 56.7 Å². The van der Waals surface area contributed by atoms with Crippen LogP contribution in [0.1, 0.15) is 102 Å². The number of aromatic amines is 5. The minimum absolute atomic E-state index is 0.00912. The van der Waals surface area contributed by atoms with Crippen LogP contribution in [0.3, 0.4) is 0 Å². The van der Waals surface area contributed by atoms with Crippen molar-refractivity contribution in [2.24, 2.45) is 0 Å². The molecule has 12 aromatic heterocycles. The quantitative estimate of drug-likeness (QED) is 0.0337. The summed E-state index contributed by atoms with van der Waals surface area (Å²) in [4.78, 5) is 71.3. The first-order valence-electron chi connectivity index (χ1n) is 44.4. The van der Waals surface area contributed by atoms with Gasteiger partial charge in [0.25, 0.3) is 29.5 Å². The highest BCUT2D eigenvalue weighted by atomic mass is 32.1. The van der Waals surface area contributed by atoms with Crippen LogP contribution < -0.4 is 26.6 Å². The van der Waals surface area contributed by atoms with E-state index in [-0.39, 0.29) is 65.1 Å². The zero-order chi connectivity index (χ0) is 94.0. The molecule has 22 aromatic rings. The molecule has 1 saturated carbocycles. The molecule has 138 heavy (non-hydrogen) atoms. The number of carbonyl (C=O) groups is 5. The molecule has 2 saturated heterocycles. The number of nitrogens with zero attached hydrogens (tertiary/aromatic N) is 6. The maximum atomic E-state index is 14.6. The Labute approximate surface area is 800 Å². The van der Waals surface area contributed by atoms with Crippen molar-refractivity contribution in [2.45, 2.75) is 69.9 Å². The summed E-state index contributed by atoms with van der Waals surface area (Å²) in [6.07, 6.45) is 10.6. The topological polar surface area (TPSA) is 333 Å². The fourth-order valence-electron chi connectivity index (χ4n) is 16.7. The van der Waals surface area contributed by atoms with Gasteiger partial charge in [-0.3, -0.25) is 54.5 Å². The summed E-state index contributed by atoms with van der Waals surface area (Å²) < 4.78 is 94.4. The van der Waals surface area contributed by atoms with E-state index in [0.29, 0.717) is 81.8 Å². The van der Waals surface area contributed by atoms with Crippen molar-refractivity contribution in [1.29, 1.82) is 0 Å². The van der Waals surface area contributed by atoms with Gasteiger partial charge in [0, 0.05) is 132 Å². The molecule has 34 heteroatoms. The van der Waals surface area contributed by atoms with Crippen LogP contribution in [0.15, 0.2) is 260 Å². The number of pyridine rings is 1. The molecular weight excluding hydrogens is 1860 g/mol. The van der Waals surface area contributed by atoms with Crippen LogP contribution >= 0.6 is 56.7 Å². The lowest BCUT2D eigenvalue weighted by Crippen LogP contribution is -2.32. The Kier molecular flexibility index (Phi) is 25.3. The molecule has 24 nitrogen and oxygen atoms in total. The van der Waals surface area contributed by atoms with E-state index >= 15 is 0 Å². The first-order chi connectivity index (χ1) is 67.4. The summed E-state index contributed by atoms with van der Waals surface area (Å²) in [5.41, 5.74) is 7.38. The molecule has 0 unspecified atom stereocenters. The van der Waals surface area contributed by atoms with Gasteiger partial charge in [0.1, 0.15) is 63.3 Å². The molecular formula is C104H79F5N16O8S5. The number of halogens is 5. The second kappa shape index (κ2) is 39.2. The minimum atomic E-state index is -0.601. The van der Waals surface area contributed by atoms with Gasteiger partial charge >= 0.3 is 0 Å². The predicted octanol–water partition coefficient (Wildman–Crippen LogP) is 23.5. The van der Waals surface area contributed by atoms with Crippen LogP contribution in [0.5, 0.6) is 0 Å². The molecule has 0 radical (unpaired) electrons. The number of fused-ring (bicyclic) bond motifs is 10. The maximum Gasteiger partial charge on any atom is 0.254 e. The fourth-order valence-corrected chi connectivity index (χ4v) is 22.0. The Morgan fingerprint density at radius 1 is 0.341 bits per heavy atom. The molecule has 3 fully saturated rings. The van der Waals surface area contributed by atoms with Gasteiger partial charge < -0.3 is 40.5 Å². The molecule has 10 aromatic carbocycles. The first kappa shape index (κ1) is 89.2. The van der Waals surface area contributed by atoms with Crippen LogP contribution in [-0.2, 0) is 22.6 Å². The van der Waals surface area contributed by atoms with Crippen molar-refractivity contribution >= 4 is 191 Å². The lowest BCUT2D eigenvalue weighted by atomic mass is 10.1. The summed E-state index contributed by atoms with van der Waals surface area (Å²) in [7, 11) is 0. The number of benzene rings is 10. The van der Waals surface area contributed by atoms with Crippen LogP contribution in [0.25, 0.3) is 158 Å². The number of carbonyl (C=O) groups excluding carboxylic acids is 5. The van der Waals surface area contributed by atoms with Gasteiger partial charge in [-0.2, -0.15) is 25.5 Å². The zero-order valence-electron chi connectivity index (χ0n) is 72.8. The van der Waals surface area contributed by atoms with Crippen molar-refractivity contribution in [1.82, 2.24) is 82.6 Å². The number of thiophene rings is 5. The molecule has 5 amide bonds. The summed E-state index contributed by atoms with van der Waals surface area (Å²) in [6, 6.07) is 72.6. The number of hydrogen-bond donors (Lipinski definition) is 10. The molecule has 3 aliphatic rings. The Morgan fingerprint density at radius 2 is 0.652 bits per heavy atom. The van der Waals surface area contributed by atoms with Crippen molar-refractivity contribution in [3.8, 4) is 52.9 Å². The number of nitrogens with one attached hydrogen (secondary N) is 10. The van der Waals surface area contributed by atoms with E-state index in [9.17, 15) is 45.9 Å². The fraction of sp³-hybridized carbons (Fsp3) is 0.144. The third kappa shape index (κ3) is 19.1. The number of amides is 5. The average molecular weight is 1940 g/mol. The molecule has 1 aliphatic carbocycles. The molecule has 0 bridgehead atoms. The molecule has 25 rings (SSSR count). The Hall–Kier alpha value is -15.3. The minimum Gasteiger partial charge on any atom is -0.467 e. The first-order valence-corrected chi connectivity index (χ1v) is 48.4. The predicted molar refractivity (Wildman–Crippen MR) is 533 cm³/mol. The Balaban J connectivity index is 0.000000103. The summed E-state index contributed by atoms with van der Waals surface area (Å²) in [5.74, 6) is -4.45. The third-order valence-corrected chi connectivity index (χ3v) is 29.5. The number of rotatable bonds is 19. The summed E-state index contributed by atoms with van der Waals surface area (Å²) in [6.45, 7) is 2.69. The highest BCUT2D eigenvalue weighted by Crippen LogP contribution is 2.43. The van der Waals surface area contributed by atoms with Crippen molar-refractivity contribution < 1.29 is 59.8 Å².